The van der Waals surface area contributed by atoms with Crippen LogP contribution in [0.4, 0.5) is 4.39 Å². The van der Waals surface area contributed by atoms with E-state index in [1.807, 2.05) is 0 Å². The number of halogens is 2. The van der Waals surface area contributed by atoms with E-state index in [-0.39, 0.29) is 0 Å². The number of hydrogen-bond acceptors (Lipinski definition) is 8. The molecule has 5 atom stereocenters. The lowest BCUT2D eigenvalue weighted by Crippen LogP contribution is -2.60. The molecule has 0 aromatic heterocycles. The highest BCUT2D eigenvalue weighted by Gasteiger charge is 2.51. The van der Waals surface area contributed by atoms with Crippen LogP contribution in [0.5, 0.6) is 0 Å². The van der Waals surface area contributed by atoms with Gasteiger partial charge in [0.25, 0.3) is 0 Å². The van der Waals surface area contributed by atoms with E-state index in [1.165, 1.54) is 0 Å². The third-order valence-corrected chi connectivity index (χ3v) is 4.03. The molecule has 0 spiro atoms. The Hall–Kier alpha value is -1.45. The second-order valence-corrected chi connectivity index (χ2v) is 8.83. The number of ether oxygens (including phenoxy) is 4. The molecule has 0 aliphatic carbocycles. The standard InChI is InChI=1S/C18H28ClFO8/c1-17(2,3)15(23)25-8-9-11(20)12(28-16(24)18(4,5)6)13(14(22)26-9)27-10(21)7-19/h9,11-14,22H,7-8H2,1-6H3/t9?,11-,12+,13?,14-/m1/s1. The van der Waals surface area contributed by atoms with Crippen molar-refractivity contribution in [2.45, 2.75) is 72.3 Å². The number of alkyl halides is 2. The van der Waals surface area contributed by atoms with Gasteiger partial charge in [0.15, 0.2) is 24.7 Å². The first-order valence-electron chi connectivity index (χ1n) is 8.80. The monoisotopic (exact) mass is 426 g/mol. The summed E-state index contributed by atoms with van der Waals surface area (Å²) in [5.41, 5.74) is -1.80. The van der Waals surface area contributed by atoms with Gasteiger partial charge in [-0.2, -0.15) is 0 Å². The number of carbonyl (C=O) groups excluding carboxylic acids is 3. The van der Waals surface area contributed by atoms with Crippen LogP contribution in [0.1, 0.15) is 41.5 Å². The highest BCUT2D eigenvalue weighted by molar-refractivity contribution is 6.26. The fourth-order valence-corrected chi connectivity index (χ4v) is 2.20. The molecule has 0 bridgehead atoms. The summed E-state index contributed by atoms with van der Waals surface area (Å²) in [5, 5.41) is 10.2. The molecule has 8 nitrogen and oxygen atoms in total. The molecule has 1 rings (SSSR count). The van der Waals surface area contributed by atoms with Gasteiger partial charge in [0.1, 0.15) is 18.6 Å². The van der Waals surface area contributed by atoms with Crippen LogP contribution < -0.4 is 0 Å². The van der Waals surface area contributed by atoms with Gasteiger partial charge in [0, 0.05) is 0 Å². The number of aliphatic hydroxyl groups excluding tert-OH is 1. The minimum atomic E-state index is -2.03. The van der Waals surface area contributed by atoms with Crippen LogP contribution in [0.15, 0.2) is 0 Å². The number of carbonyl (C=O) groups is 3. The molecule has 1 fully saturated rings. The van der Waals surface area contributed by atoms with Gasteiger partial charge in [-0.1, -0.05) is 0 Å². The largest absolute Gasteiger partial charge is 0.462 e. The molecule has 1 saturated heterocycles. The Morgan fingerprint density at radius 3 is 2.00 bits per heavy atom. The molecule has 0 amide bonds. The quantitative estimate of drug-likeness (QED) is 0.402. The topological polar surface area (TPSA) is 108 Å². The molecule has 0 saturated carbocycles. The Morgan fingerprint density at radius 2 is 1.54 bits per heavy atom. The van der Waals surface area contributed by atoms with Crippen LogP contribution in [-0.2, 0) is 33.3 Å². The molecule has 0 aromatic carbocycles. The van der Waals surface area contributed by atoms with Gasteiger partial charge in [-0.25, -0.2) is 4.39 Å². The summed E-state index contributed by atoms with van der Waals surface area (Å²) in [5.74, 6) is -2.87. The smallest absolute Gasteiger partial charge is 0.321 e. The van der Waals surface area contributed by atoms with Crippen molar-refractivity contribution in [1.82, 2.24) is 0 Å². The van der Waals surface area contributed by atoms with Gasteiger partial charge in [-0.05, 0) is 41.5 Å². The van der Waals surface area contributed by atoms with E-state index >= 15 is 4.39 Å². The van der Waals surface area contributed by atoms with E-state index < -0.39 is 72.0 Å². The van der Waals surface area contributed by atoms with E-state index in [2.05, 4.69) is 0 Å². The molecule has 1 N–H and O–H groups in total. The minimum absolute atomic E-state index is 0.520. The number of hydrogen-bond donors (Lipinski definition) is 1. The van der Waals surface area contributed by atoms with E-state index in [1.54, 1.807) is 41.5 Å². The number of esters is 3. The molecule has 0 radical (unpaired) electrons. The van der Waals surface area contributed by atoms with Crippen molar-refractivity contribution < 1.29 is 42.8 Å². The zero-order chi connectivity index (χ0) is 21.9. The lowest BCUT2D eigenvalue weighted by atomic mass is 9.95. The average molecular weight is 427 g/mol. The van der Waals surface area contributed by atoms with Crippen molar-refractivity contribution in [3.05, 3.63) is 0 Å². The zero-order valence-electron chi connectivity index (χ0n) is 16.9. The Morgan fingerprint density at radius 1 is 1.00 bits per heavy atom. The Bertz CT molecular complexity index is 583. The molecular formula is C18H28ClFO8. The maximum absolute atomic E-state index is 15.1. The first-order valence-corrected chi connectivity index (χ1v) is 9.33. The van der Waals surface area contributed by atoms with Gasteiger partial charge in [-0.3, -0.25) is 14.4 Å². The SMILES string of the molecule is CC(C)(C)C(=O)OCC1O[C@@H](O)C(OC(=O)CCl)[C@@H](OC(=O)C(C)(C)C)[C@@H]1F. The maximum Gasteiger partial charge on any atom is 0.321 e. The van der Waals surface area contributed by atoms with Crippen LogP contribution in [0.25, 0.3) is 0 Å². The highest BCUT2D eigenvalue weighted by Crippen LogP contribution is 2.30. The summed E-state index contributed by atoms with van der Waals surface area (Å²) in [6.07, 6.45) is -8.56. The fraction of sp³-hybridized carbons (Fsp3) is 0.833. The van der Waals surface area contributed by atoms with E-state index in [9.17, 15) is 19.5 Å². The molecule has 0 aromatic rings. The van der Waals surface area contributed by atoms with Gasteiger partial charge in [0.05, 0.1) is 10.8 Å². The van der Waals surface area contributed by atoms with E-state index in [0.717, 1.165) is 0 Å². The second-order valence-electron chi connectivity index (χ2n) is 8.57. The molecule has 2 unspecified atom stereocenters. The van der Waals surface area contributed by atoms with Gasteiger partial charge < -0.3 is 24.1 Å². The van der Waals surface area contributed by atoms with Crippen molar-refractivity contribution in [2.24, 2.45) is 10.8 Å². The van der Waals surface area contributed by atoms with Crippen molar-refractivity contribution in [3.8, 4) is 0 Å². The fourth-order valence-electron chi connectivity index (χ4n) is 2.13. The van der Waals surface area contributed by atoms with Crippen LogP contribution in [-0.4, -0.2) is 66.3 Å². The van der Waals surface area contributed by atoms with E-state index in [0.29, 0.717) is 0 Å². The van der Waals surface area contributed by atoms with Crippen molar-refractivity contribution in [2.75, 3.05) is 12.5 Å². The first kappa shape index (κ1) is 24.6. The molecule has 1 heterocycles. The summed E-state index contributed by atoms with van der Waals surface area (Å²) in [6.45, 7) is 9.01. The minimum Gasteiger partial charge on any atom is -0.462 e. The molecule has 10 heteroatoms. The Balaban J connectivity index is 3.01. The zero-order valence-corrected chi connectivity index (χ0v) is 17.6. The Kier molecular flexibility index (Phi) is 8.22. The second kappa shape index (κ2) is 9.37. The maximum atomic E-state index is 15.1. The third kappa shape index (κ3) is 6.56. The summed E-state index contributed by atoms with van der Waals surface area (Å²) in [6, 6.07) is 0. The summed E-state index contributed by atoms with van der Waals surface area (Å²) < 4.78 is 35.3. The predicted octanol–water partition coefficient (Wildman–Crippen LogP) is 1.74. The van der Waals surface area contributed by atoms with Crippen LogP contribution in [0.3, 0.4) is 0 Å². The summed E-state index contributed by atoms with van der Waals surface area (Å²) in [4.78, 5) is 35.6. The highest BCUT2D eigenvalue weighted by atomic mass is 35.5. The lowest BCUT2D eigenvalue weighted by molar-refractivity contribution is -0.285. The third-order valence-electron chi connectivity index (χ3n) is 3.81. The molecular weight excluding hydrogens is 399 g/mol. The van der Waals surface area contributed by atoms with Gasteiger partial charge in [-0.15, -0.1) is 11.6 Å². The lowest BCUT2D eigenvalue weighted by Gasteiger charge is -2.41. The average Bonchev–Trinajstić information content (AvgIpc) is 2.57. The van der Waals surface area contributed by atoms with Crippen molar-refractivity contribution in [3.63, 3.8) is 0 Å². The molecule has 1 aliphatic heterocycles. The predicted molar refractivity (Wildman–Crippen MR) is 96.1 cm³/mol. The van der Waals surface area contributed by atoms with Crippen LogP contribution in [0, 0.1) is 10.8 Å². The molecule has 162 valence electrons. The number of rotatable bonds is 5. The summed E-state index contributed by atoms with van der Waals surface area (Å²) in [7, 11) is 0. The normalized spacial score (nSPS) is 28.4. The molecule has 1 aliphatic rings. The van der Waals surface area contributed by atoms with Crippen molar-refractivity contribution in [1.29, 1.82) is 0 Å². The van der Waals surface area contributed by atoms with Crippen LogP contribution >= 0.6 is 11.6 Å². The van der Waals surface area contributed by atoms with Crippen molar-refractivity contribution >= 4 is 29.5 Å². The number of aliphatic hydroxyl groups is 1. The summed E-state index contributed by atoms with van der Waals surface area (Å²) >= 11 is 5.38. The van der Waals surface area contributed by atoms with E-state index in [4.69, 9.17) is 30.5 Å². The first-order chi connectivity index (χ1) is 12.7. The van der Waals surface area contributed by atoms with Crippen LogP contribution in [0.2, 0.25) is 0 Å². The molecule has 28 heavy (non-hydrogen) atoms. The van der Waals surface area contributed by atoms with Gasteiger partial charge in [0.2, 0.25) is 0 Å². The van der Waals surface area contributed by atoms with Gasteiger partial charge >= 0.3 is 17.9 Å². The Labute approximate surface area is 168 Å².